The zero-order valence-corrected chi connectivity index (χ0v) is 26.6. The third-order valence-corrected chi connectivity index (χ3v) is 11.3. The lowest BCUT2D eigenvalue weighted by atomic mass is 9.49. The smallest absolute Gasteiger partial charge is 0.244 e. The first-order valence-corrected chi connectivity index (χ1v) is 17.2. The van der Waals surface area contributed by atoms with E-state index in [-0.39, 0.29) is 18.4 Å². The van der Waals surface area contributed by atoms with E-state index in [1.807, 2.05) is 35.8 Å². The predicted molar refractivity (Wildman–Crippen MR) is 180 cm³/mol. The number of piperazine rings is 1. The van der Waals surface area contributed by atoms with Gasteiger partial charge in [-0.3, -0.25) is 24.2 Å². The van der Waals surface area contributed by atoms with Crippen LogP contribution in [0.4, 0.5) is 0 Å². The molecule has 9 rings (SSSR count). The van der Waals surface area contributed by atoms with Crippen LogP contribution in [0.15, 0.2) is 73.3 Å². The first-order valence-electron chi connectivity index (χ1n) is 17.2. The fraction of sp³-hybridized carbons (Fsp3) is 0.474. The Kier molecular flexibility index (Phi) is 7.84. The van der Waals surface area contributed by atoms with E-state index in [1.54, 1.807) is 4.68 Å². The summed E-state index contributed by atoms with van der Waals surface area (Å²) in [5.74, 6) is 2.98. The molecule has 4 aliphatic carbocycles. The Morgan fingerprint density at radius 3 is 2.24 bits per heavy atom. The van der Waals surface area contributed by atoms with Crippen LogP contribution in [0, 0.1) is 23.2 Å². The van der Waals surface area contributed by atoms with E-state index in [1.165, 1.54) is 43.9 Å². The summed E-state index contributed by atoms with van der Waals surface area (Å²) in [6.07, 6.45) is 16.4. The molecule has 0 spiro atoms. The lowest BCUT2D eigenvalue weighted by molar-refractivity contribution is -0.133. The second-order valence-corrected chi connectivity index (χ2v) is 14.6. The number of fused-ring (bicyclic) bond motifs is 1. The van der Waals surface area contributed by atoms with Crippen molar-refractivity contribution in [3.8, 4) is 22.3 Å². The van der Waals surface area contributed by atoms with Crippen molar-refractivity contribution < 1.29 is 9.59 Å². The van der Waals surface area contributed by atoms with Gasteiger partial charge < -0.3 is 10.2 Å². The van der Waals surface area contributed by atoms with Gasteiger partial charge in [0.2, 0.25) is 11.8 Å². The van der Waals surface area contributed by atoms with Crippen molar-refractivity contribution in [2.24, 2.45) is 23.2 Å². The van der Waals surface area contributed by atoms with Crippen LogP contribution in [0.3, 0.4) is 0 Å². The number of nitrogens with one attached hydrogen (secondary N) is 1. The highest BCUT2D eigenvalue weighted by molar-refractivity contribution is 5.95. The van der Waals surface area contributed by atoms with Crippen molar-refractivity contribution in [1.82, 2.24) is 29.9 Å². The minimum atomic E-state index is 0.0944. The van der Waals surface area contributed by atoms with Crippen molar-refractivity contribution in [3.63, 3.8) is 0 Å². The van der Waals surface area contributed by atoms with Crippen LogP contribution < -0.4 is 5.32 Å². The minimum absolute atomic E-state index is 0.0944. The molecule has 5 fully saturated rings. The van der Waals surface area contributed by atoms with Gasteiger partial charge in [0.1, 0.15) is 6.54 Å². The average Bonchev–Trinajstić information content (AvgIpc) is 3.52. The highest BCUT2D eigenvalue weighted by atomic mass is 16.2. The molecule has 4 aromatic rings. The van der Waals surface area contributed by atoms with Gasteiger partial charge in [-0.2, -0.15) is 5.10 Å². The third kappa shape index (κ3) is 6.07. The van der Waals surface area contributed by atoms with Crippen molar-refractivity contribution in [2.75, 3.05) is 39.3 Å². The van der Waals surface area contributed by atoms with Gasteiger partial charge in [0.25, 0.3) is 0 Å². The first-order chi connectivity index (χ1) is 22.5. The van der Waals surface area contributed by atoms with Crippen molar-refractivity contribution in [2.45, 2.75) is 51.5 Å². The third-order valence-electron chi connectivity index (χ3n) is 11.3. The summed E-state index contributed by atoms with van der Waals surface area (Å²) < 4.78 is 1.74. The maximum absolute atomic E-state index is 13.1. The van der Waals surface area contributed by atoms with Gasteiger partial charge in [-0.1, -0.05) is 48.5 Å². The van der Waals surface area contributed by atoms with Crippen LogP contribution in [0.2, 0.25) is 0 Å². The van der Waals surface area contributed by atoms with Gasteiger partial charge in [0, 0.05) is 80.8 Å². The zero-order chi connectivity index (χ0) is 31.1. The Morgan fingerprint density at radius 2 is 1.50 bits per heavy atom. The van der Waals surface area contributed by atoms with E-state index in [2.05, 4.69) is 62.8 Å². The molecule has 8 nitrogen and oxygen atoms in total. The van der Waals surface area contributed by atoms with E-state index >= 15 is 0 Å². The molecule has 5 aliphatic rings. The second kappa shape index (κ2) is 12.3. The van der Waals surface area contributed by atoms with Crippen molar-refractivity contribution >= 4 is 22.6 Å². The summed E-state index contributed by atoms with van der Waals surface area (Å²) in [5, 5.41) is 10.0. The van der Waals surface area contributed by atoms with Crippen LogP contribution in [-0.2, 0) is 16.1 Å². The van der Waals surface area contributed by atoms with Gasteiger partial charge in [0.05, 0.1) is 6.20 Å². The Bertz CT molecular complexity index is 1680. The molecule has 0 atom stereocenters. The minimum Gasteiger partial charge on any atom is -0.355 e. The summed E-state index contributed by atoms with van der Waals surface area (Å²) in [5.41, 5.74) is 4.58. The summed E-state index contributed by atoms with van der Waals surface area (Å²) in [6, 6.07) is 16.7. The molecule has 46 heavy (non-hydrogen) atoms. The normalized spacial score (nSPS) is 25.7. The molecule has 1 N–H and O–H groups in total. The van der Waals surface area contributed by atoms with Crippen molar-refractivity contribution in [3.05, 3.63) is 73.3 Å². The molecule has 1 aliphatic heterocycles. The molecule has 3 heterocycles. The Balaban J connectivity index is 0.787. The molecule has 0 unspecified atom stereocenters. The number of amides is 2. The standard InChI is InChI=1S/C38H44N6O2/c45-36(21-38-18-27-15-28(19-38)17-29(16-27)20-38)40-9-10-42-11-13-43(14-12-42)37(46)26-44-25-33(23-41-44)30-5-7-31(8-6-30)35-24-39-22-32-3-1-2-4-34(32)35/h1-8,22-25,27-29H,9-21,26H2,(H,40,45). The summed E-state index contributed by atoms with van der Waals surface area (Å²) in [6.45, 7) is 4.85. The highest BCUT2D eigenvalue weighted by Crippen LogP contribution is 2.61. The van der Waals surface area contributed by atoms with Crippen molar-refractivity contribution in [1.29, 1.82) is 0 Å². The summed E-state index contributed by atoms with van der Waals surface area (Å²) >= 11 is 0. The summed E-state index contributed by atoms with van der Waals surface area (Å²) in [7, 11) is 0. The Hall–Kier alpha value is -4.04. The first kappa shape index (κ1) is 29.4. The number of rotatable bonds is 9. The van der Waals surface area contributed by atoms with E-state index in [9.17, 15) is 9.59 Å². The molecule has 2 amide bonds. The fourth-order valence-corrected chi connectivity index (χ4v) is 9.51. The lowest BCUT2D eigenvalue weighted by Crippen LogP contribution is -2.51. The zero-order valence-electron chi connectivity index (χ0n) is 26.6. The number of aromatic nitrogens is 3. The topological polar surface area (TPSA) is 83.4 Å². The van der Waals surface area contributed by atoms with E-state index in [0.29, 0.717) is 25.0 Å². The average molecular weight is 617 g/mol. The molecular formula is C38H44N6O2. The second-order valence-electron chi connectivity index (χ2n) is 14.6. The number of carbonyl (C=O) groups is 2. The van der Waals surface area contributed by atoms with Crippen LogP contribution in [-0.4, -0.2) is 75.6 Å². The molecule has 4 saturated carbocycles. The van der Waals surface area contributed by atoms with Crippen LogP contribution in [0.1, 0.15) is 44.9 Å². The summed E-state index contributed by atoms with van der Waals surface area (Å²) in [4.78, 5) is 34.7. The number of carbonyl (C=O) groups excluding carboxylic acids is 2. The number of hydrogen-bond donors (Lipinski definition) is 1. The molecule has 1 saturated heterocycles. The molecule has 0 radical (unpaired) electrons. The van der Waals surface area contributed by atoms with Crippen LogP contribution in [0.5, 0.6) is 0 Å². The largest absolute Gasteiger partial charge is 0.355 e. The molecule has 2 aromatic heterocycles. The lowest BCUT2D eigenvalue weighted by Gasteiger charge is -2.56. The number of nitrogens with zero attached hydrogens (tertiary/aromatic N) is 5. The van der Waals surface area contributed by atoms with Gasteiger partial charge in [-0.15, -0.1) is 0 Å². The molecular weight excluding hydrogens is 572 g/mol. The highest BCUT2D eigenvalue weighted by Gasteiger charge is 2.51. The van der Waals surface area contributed by atoms with Gasteiger partial charge in [-0.25, -0.2) is 0 Å². The fourth-order valence-electron chi connectivity index (χ4n) is 9.51. The van der Waals surface area contributed by atoms with Crippen LogP contribution >= 0.6 is 0 Å². The molecule has 2 aromatic carbocycles. The SMILES string of the molecule is O=C(CC12CC3CC(CC(C3)C1)C2)NCCN1CCN(C(=O)Cn2cc(-c3ccc(-c4cncc5ccccc45)cc3)cn2)CC1. The van der Waals surface area contributed by atoms with E-state index < -0.39 is 0 Å². The molecule has 8 heteroatoms. The van der Waals surface area contributed by atoms with Crippen LogP contribution in [0.25, 0.3) is 33.0 Å². The Labute approximate surface area is 271 Å². The number of benzene rings is 2. The maximum atomic E-state index is 13.1. The molecule has 4 bridgehead atoms. The van der Waals surface area contributed by atoms with E-state index in [4.69, 9.17) is 0 Å². The predicted octanol–water partition coefficient (Wildman–Crippen LogP) is 5.63. The van der Waals surface area contributed by atoms with Gasteiger partial charge in [-0.05, 0) is 78.2 Å². The quantitative estimate of drug-likeness (QED) is 0.264. The monoisotopic (exact) mass is 616 g/mol. The van der Waals surface area contributed by atoms with E-state index in [0.717, 1.165) is 71.4 Å². The maximum Gasteiger partial charge on any atom is 0.244 e. The number of hydrogen-bond acceptors (Lipinski definition) is 5. The number of pyridine rings is 1. The van der Waals surface area contributed by atoms with Gasteiger partial charge >= 0.3 is 0 Å². The molecule has 238 valence electrons. The Morgan fingerprint density at radius 1 is 0.804 bits per heavy atom. The van der Waals surface area contributed by atoms with Gasteiger partial charge in [0.15, 0.2) is 0 Å².